The molecule has 5 rings (SSSR count). The van der Waals surface area contributed by atoms with Crippen molar-refractivity contribution in [3.05, 3.63) is 101 Å². The molecule has 1 fully saturated rings. The molecule has 0 radical (unpaired) electrons. The average molecular weight is 426 g/mol. The van der Waals surface area contributed by atoms with Crippen LogP contribution in [0.3, 0.4) is 0 Å². The zero-order chi connectivity index (χ0) is 21.8. The van der Waals surface area contributed by atoms with Crippen molar-refractivity contribution in [2.24, 2.45) is 0 Å². The van der Waals surface area contributed by atoms with Gasteiger partial charge < -0.3 is 14.5 Å². The molecule has 2 unspecified atom stereocenters. The highest BCUT2D eigenvalue weighted by Gasteiger charge is 2.22. The zero-order valence-electron chi connectivity index (χ0n) is 18.0. The lowest BCUT2D eigenvalue weighted by atomic mass is 9.95. The smallest absolute Gasteiger partial charge is 0.193 e. The number of benzene rings is 3. The molecule has 1 saturated heterocycles. The Bertz CT molecular complexity index is 1230. The van der Waals surface area contributed by atoms with E-state index in [1.54, 1.807) is 12.1 Å². The summed E-state index contributed by atoms with van der Waals surface area (Å²) in [5.74, 6) is 1.25. The molecule has 0 saturated carbocycles. The third-order valence-corrected chi connectivity index (χ3v) is 6.12. The summed E-state index contributed by atoms with van der Waals surface area (Å²) >= 11 is 0. The van der Waals surface area contributed by atoms with E-state index in [1.165, 1.54) is 12.8 Å². The van der Waals surface area contributed by atoms with Crippen LogP contribution >= 0.6 is 0 Å². The molecule has 32 heavy (non-hydrogen) atoms. The maximum absolute atomic E-state index is 12.9. The fraction of sp³-hybridized carbons (Fsp3) is 0.250. The molecule has 2 heterocycles. The van der Waals surface area contributed by atoms with Crippen molar-refractivity contribution >= 4 is 11.0 Å². The molecule has 0 amide bonds. The molecule has 2 atom stereocenters. The van der Waals surface area contributed by atoms with Crippen LogP contribution in [0.2, 0.25) is 0 Å². The van der Waals surface area contributed by atoms with Gasteiger partial charge in [-0.05, 0) is 43.1 Å². The van der Waals surface area contributed by atoms with Gasteiger partial charge in [-0.15, -0.1) is 0 Å². The van der Waals surface area contributed by atoms with Gasteiger partial charge in [0.2, 0.25) is 0 Å². The number of nitrogens with one attached hydrogen (secondary N) is 1. The Labute approximate surface area is 187 Å². The van der Waals surface area contributed by atoms with Crippen LogP contribution in [0.25, 0.3) is 22.3 Å². The lowest BCUT2D eigenvalue weighted by Gasteiger charge is -2.28. The Morgan fingerprint density at radius 3 is 2.47 bits per heavy atom. The quantitative estimate of drug-likeness (QED) is 0.405. The maximum Gasteiger partial charge on any atom is 0.193 e. The predicted molar refractivity (Wildman–Crippen MR) is 128 cm³/mol. The molecular formula is C28H27NO3. The van der Waals surface area contributed by atoms with Crippen LogP contribution in [-0.4, -0.2) is 12.6 Å². The van der Waals surface area contributed by atoms with Crippen LogP contribution in [0, 0.1) is 0 Å². The topological polar surface area (TPSA) is 51.5 Å². The van der Waals surface area contributed by atoms with Gasteiger partial charge in [-0.1, -0.05) is 67.1 Å². The Hall–Kier alpha value is -3.37. The van der Waals surface area contributed by atoms with Crippen molar-refractivity contribution in [1.29, 1.82) is 0 Å². The standard InChI is InChI=1S/C28H27NO3/c30-25-19-28(21-11-5-2-6-12-21)32-26-15-14-23(18-24(25)26)31-27(20-9-3-1-4-10-20)17-22-13-7-8-16-29-22/h1-6,9-12,14-15,18-19,22,27,29H,7-8,13,16-17H2. The van der Waals surface area contributed by atoms with Crippen LogP contribution in [-0.2, 0) is 0 Å². The Kier molecular flexibility index (Phi) is 6.04. The number of ether oxygens (including phenoxy) is 1. The molecule has 0 aliphatic carbocycles. The average Bonchev–Trinajstić information content (AvgIpc) is 2.85. The number of piperidine rings is 1. The van der Waals surface area contributed by atoms with Crippen molar-refractivity contribution in [3.8, 4) is 17.1 Å². The summed E-state index contributed by atoms with van der Waals surface area (Å²) < 4.78 is 12.5. The second-order valence-electron chi connectivity index (χ2n) is 8.40. The van der Waals surface area contributed by atoms with Gasteiger partial charge in [0, 0.05) is 24.1 Å². The lowest BCUT2D eigenvalue weighted by molar-refractivity contribution is 0.169. The molecule has 1 aliphatic rings. The van der Waals surface area contributed by atoms with E-state index in [1.807, 2.05) is 60.7 Å². The highest BCUT2D eigenvalue weighted by atomic mass is 16.5. The zero-order valence-corrected chi connectivity index (χ0v) is 18.0. The van der Waals surface area contributed by atoms with E-state index in [4.69, 9.17) is 9.15 Å². The van der Waals surface area contributed by atoms with E-state index < -0.39 is 0 Å². The summed E-state index contributed by atoms with van der Waals surface area (Å²) in [4.78, 5) is 12.9. The Morgan fingerprint density at radius 2 is 1.72 bits per heavy atom. The molecule has 1 aliphatic heterocycles. The van der Waals surface area contributed by atoms with Crippen molar-refractivity contribution in [1.82, 2.24) is 5.32 Å². The molecule has 162 valence electrons. The SMILES string of the molecule is O=c1cc(-c2ccccc2)oc2ccc(OC(CC3CCCCN3)c3ccccc3)cc12. The van der Waals surface area contributed by atoms with Crippen LogP contribution < -0.4 is 15.5 Å². The highest BCUT2D eigenvalue weighted by molar-refractivity contribution is 5.80. The van der Waals surface area contributed by atoms with Crippen LogP contribution in [0.4, 0.5) is 0 Å². The van der Waals surface area contributed by atoms with Gasteiger partial charge in [0.1, 0.15) is 23.2 Å². The van der Waals surface area contributed by atoms with Gasteiger partial charge in [0.25, 0.3) is 0 Å². The minimum Gasteiger partial charge on any atom is -0.486 e. The number of fused-ring (bicyclic) bond motifs is 1. The Balaban J connectivity index is 1.44. The molecule has 0 bridgehead atoms. The molecule has 1 N–H and O–H groups in total. The summed E-state index contributed by atoms with van der Waals surface area (Å²) in [5.41, 5.74) is 2.53. The summed E-state index contributed by atoms with van der Waals surface area (Å²) in [7, 11) is 0. The molecule has 4 aromatic rings. The fourth-order valence-electron chi connectivity index (χ4n) is 4.42. The predicted octanol–water partition coefficient (Wildman–Crippen LogP) is 6.11. The van der Waals surface area contributed by atoms with Crippen molar-refractivity contribution in [2.45, 2.75) is 37.8 Å². The van der Waals surface area contributed by atoms with E-state index in [0.29, 0.717) is 28.5 Å². The summed E-state index contributed by atoms with van der Waals surface area (Å²) in [6, 6.07) is 27.5. The van der Waals surface area contributed by atoms with Crippen LogP contribution in [0.1, 0.15) is 37.4 Å². The van der Waals surface area contributed by atoms with E-state index in [-0.39, 0.29) is 11.5 Å². The number of hydrogen-bond donors (Lipinski definition) is 1. The summed E-state index contributed by atoms with van der Waals surface area (Å²) in [5, 5.41) is 4.15. The van der Waals surface area contributed by atoms with E-state index in [9.17, 15) is 4.79 Å². The largest absolute Gasteiger partial charge is 0.486 e. The van der Waals surface area contributed by atoms with E-state index in [0.717, 1.165) is 30.5 Å². The van der Waals surface area contributed by atoms with Gasteiger partial charge in [-0.3, -0.25) is 4.79 Å². The molecule has 1 aromatic heterocycles. The molecule has 4 nitrogen and oxygen atoms in total. The molecule has 0 spiro atoms. The van der Waals surface area contributed by atoms with Crippen molar-refractivity contribution < 1.29 is 9.15 Å². The first-order chi connectivity index (χ1) is 15.8. The first-order valence-corrected chi connectivity index (χ1v) is 11.3. The molecule has 4 heteroatoms. The molecular weight excluding hydrogens is 398 g/mol. The van der Waals surface area contributed by atoms with Gasteiger partial charge >= 0.3 is 0 Å². The highest BCUT2D eigenvalue weighted by Crippen LogP contribution is 2.30. The summed E-state index contributed by atoms with van der Waals surface area (Å²) in [6.07, 6.45) is 4.46. The second kappa shape index (κ2) is 9.41. The monoisotopic (exact) mass is 425 g/mol. The van der Waals surface area contributed by atoms with Crippen LogP contribution in [0.5, 0.6) is 5.75 Å². The molecule has 3 aromatic carbocycles. The normalized spacial score (nSPS) is 17.2. The van der Waals surface area contributed by atoms with E-state index >= 15 is 0 Å². The van der Waals surface area contributed by atoms with Gasteiger partial charge in [0.15, 0.2) is 5.43 Å². The van der Waals surface area contributed by atoms with Gasteiger partial charge in [0.05, 0.1) is 5.39 Å². The minimum atomic E-state index is -0.0834. The van der Waals surface area contributed by atoms with Crippen molar-refractivity contribution in [3.63, 3.8) is 0 Å². The lowest BCUT2D eigenvalue weighted by Crippen LogP contribution is -2.36. The first-order valence-electron chi connectivity index (χ1n) is 11.3. The first kappa shape index (κ1) is 20.5. The second-order valence-corrected chi connectivity index (χ2v) is 8.40. The third-order valence-electron chi connectivity index (χ3n) is 6.12. The summed E-state index contributed by atoms with van der Waals surface area (Å²) in [6.45, 7) is 1.06. The fourth-order valence-corrected chi connectivity index (χ4v) is 4.42. The van der Waals surface area contributed by atoms with Crippen LogP contribution in [0.15, 0.2) is 94.1 Å². The number of hydrogen-bond acceptors (Lipinski definition) is 4. The van der Waals surface area contributed by atoms with Gasteiger partial charge in [-0.25, -0.2) is 0 Å². The maximum atomic E-state index is 12.9. The third kappa shape index (κ3) is 4.61. The van der Waals surface area contributed by atoms with Gasteiger partial charge in [-0.2, -0.15) is 0 Å². The van der Waals surface area contributed by atoms with E-state index in [2.05, 4.69) is 17.4 Å². The van der Waals surface area contributed by atoms with Crippen molar-refractivity contribution in [2.75, 3.05) is 6.54 Å². The minimum absolute atomic E-state index is 0.0687. The number of rotatable bonds is 6. The Morgan fingerprint density at radius 1 is 0.938 bits per heavy atom.